The second-order valence-corrected chi connectivity index (χ2v) is 7.86. The van der Waals surface area contributed by atoms with Crippen LogP contribution in [0.15, 0.2) is 48.5 Å². The minimum absolute atomic E-state index is 0.00995. The highest BCUT2D eigenvalue weighted by molar-refractivity contribution is 5.96. The third-order valence-corrected chi connectivity index (χ3v) is 4.33. The molecular weight excluding hydrogens is 352 g/mol. The first-order valence-corrected chi connectivity index (χ1v) is 9.67. The Morgan fingerprint density at radius 3 is 2.36 bits per heavy atom. The summed E-state index contributed by atoms with van der Waals surface area (Å²) in [5.74, 6) is 0.303. The van der Waals surface area contributed by atoms with E-state index >= 15 is 0 Å². The molecule has 0 fully saturated rings. The predicted molar refractivity (Wildman–Crippen MR) is 113 cm³/mol. The molecule has 5 heteroatoms. The van der Waals surface area contributed by atoms with Gasteiger partial charge in [0.15, 0.2) is 6.10 Å². The number of benzene rings is 2. The summed E-state index contributed by atoms with van der Waals surface area (Å²) in [5, 5.41) is 5.64. The van der Waals surface area contributed by atoms with Gasteiger partial charge < -0.3 is 15.4 Å². The molecule has 0 spiro atoms. The molecule has 28 heavy (non-hydrogen) atoms. The van der Waals surface area contributed by atoms with Gasteiger partial charge in [-0.2, -0.15) is 0 Å². The van der Waals surface area contributed by atoms with Crippen molar-refractivity contribution in [3.63, 3.8) is 0 Å². The maximum absolute atomic E-state index is 12.4. The Hall–Kier alpha value is -2.82. The van der Waals surface area contributed by atoms with E-state index in [9.17, 15) is 9.59 Å². The van der Waals surface area contributed by atoms with Gasteiger partial charge in [0.1, 0.15) is 5.75 Å². The standard InChI is InChI=1S/C23H30N2O3/c1-6-14-24-22(27)17-10-12-19(13-11-17)25-21(26)16(2)28-20-9-7-8-18(15-20)23(3,4)5/h7-13,15-16H,6,14H2,1-5H3,(H,24,27)(H,25,26). The van der Waals surface area contributed by atoms with Gasteiger partial charge in [0.25, 0.3) is 11.8 Å². The smallest absolute Gasteiger partial charge is 0.265 e. The monoisotopic (exact) mass is 382 g/mol. The zero-order valence-corrected chi connectivity index (χ0v) is 17.3. The van der Waals surface area contributed by atoms with Gasteiger partial charge in [0.2, 0.25) is 0 Å². The number of hydrogen-bond acceptors (Lipinski definition) is 3. The van der Waals surface area contributed by atoms with Crippen LogP contribution in [-0.2, 0) is 10.2 Å². The fourth-order valence-corrected chi connectivity index (χ4v) is 2.58. The zero-order valence-electron chi connectivity index (χ0n) is 17.3. The highest BCUT2D eigenvalue weighted by Crippen LogP contribution is 2.26. The van der Waals surface area contributed by atoms with E-state index < -0.39 is 6.10 Å². The Labute approximate surface area is 167 Å². The van der Waals surface area contributed by atoms with Crippen molar-refractivity contribution in [2.45, 2.75) is 52.6 Å². The Kier molecular flexibility index (Phi) is 7.21. The maximum atomic E-state index is 12.4. The quantitative estimate of drug-likeness (QED) is 0.739. The van der Waals surface area contributed by atoms with Crippen LogP contribution in [0, 0.1) is 0 Å². The molecule has 0 aliphatic rings. The molecule has 2 aromatic carbocycles. The first-order chi connectivity index (χ1) is 13.2. The Balaban J connectivity index is 1.96. The Morgan fingerprint density at radius 1 is 1.07 bits per heavy atom. The molecule has 150 valence electrons. The van der Waals surface area contributed by atoms with Crippen molar-refractivity contribution >= 4 is 17.5 Å². The number of nitrogens with one attached hydrogen (secondary N) is 2. The normalized spacial score (nSPS) is 12.2. The van der Waals surface area contributed by atoms with Crippen LogP contribution < -0.4 is 15.4 Å². The van der Waals surface area contributed by atoms with Crippen LogP contribution in [0.5, 0.6) is 5.75 Å². The summed E-state index contributed by atoms with van der Waals surface area (Å²) in [6.07, 6.45) is 0.235. The largest absolute Gasteiger partial charge is 0.481 e. The van der Waals surface area contributed by atoms with Gasteiger partial charge in [-0.15, -0.1) is 0 Å². The van der Waals surface area contributed by atoms with Gasteiger partial charge in [-0.25, -0.2) is 0 Å². The molecule has 2 rings (SSSR count). The van der Waals surface area contributed by atoms with Crippen LogP contribution in [0.3, 0.4) is 0 Å². The lowest BCUT2D eigenvalue weighted by Gasteiger charge is -2.21. The zero-order chi connectivity index (χ0) is 20.7. The average molecular weight is 383 g/mol. The molecule has 1 unspecified atom stereocenters. The van der Waals surface area contributed by atoms with E-state index in [0.29, 0.717) is 23.5 Å². The minimum atomic E-state index is -0.650. The lowest BCUT2D eigenvalue weighted by atomic mass is 9.87. The summed E-state index contributed by atoms with van der Waals surface area (Å²) >= 11 is 0. The number of anilines is 1. The van der Waals surface area contributed by atoms with Gasteiger partial charge in [-0.1, -0.05) is 39.8 Å². The topological polar surface area (TPSA) is 67.4 Å². The van der Waals surface area contributed by atoms with E-state index in [-0.39, 0.29) is 17.2 Å². The molecule has 0 saturated heterocycles. The molecule has 2 N–H and O–H groups in total. The highest BCUT2D eigenvalue weighted by atomic mass is 16.5. The van der Waals surface area contributed by atoms with Crippen LogP contribution >= 0.6 is 0 Å². The molecule has 0 aromatic heterocycles. The lowest BCUT2D eigenvalue weighted by molar-refractivity contribution is -0.122. The fraction of sp³-hybridized carbons (Fsp3) is 0.391. The van der Waals surface area contributed by atoms with E-state index in [2.05, 4.69) is 37.5 Å². The molecule has 0 aliphatic heterocycles. The average Bonchev–Trinajstić information content (AvgIpc) is 2.66. The van der Waals surface area contributed by atoms with Crippen molar-refractivity contribution in [1.29, 1.82) is 0 Å². The summed E-state index contributed by atoms with van der Waals surface area (Å²) in [5.41, 5.74) is 2.34. The van der Waals surface area contributed by atoms with Crippen molar-refractivity contribution < 1.29 is 14.3 Å². The summed E-state index contributed by atoms with van der Waals surface area (Å²) < 4.78 is 5.81. The molecule has 0 radical (unpaired) electrons. The van der Waals surface area contributed by atoms with Crippen molar-refractivity contribution in [2.24, 2.45) is 0 Å². The van der Waals surface area contributed by atoms with E-state index in [1.54, 1.807) is 31.2 Å². The van der Waals surface area contributed by atoms with Crippen molar-refractivity contribution in [3.8, 4) is 5.75 Å². The molecule has 1 atom stereocenters. The van der Waals surface area contributed by atoms with E-state index in [1.807, 2.05) is 25.1 Å². The van der Waals surface area contributed by atoms with E-state index in [1.165, 1.54) is 0 Å². The lowest BCUT2D eigenvalue weighted by Crippen LogP contribution is -2.30. The molecule has 0 saturated carbocycles. The SMILES string of the molecule is CCCNC(=O)c1ccc(NC(=O)C(C)Oc2cccc(C(C)(C)C)c2)cc1. The number of rotatable bonds is 7. The highest BCUT2D eigenvalue weighted by Gasteiger charge is 2.18. The number of amides is 2. The summed E-state index contributed by atoms with van der Waals surface area (Å²) in [4.78, 5) is 24.4. The fourth-order valence-electron chi connectivity index (χ4n) is 2.58. The third kappa shape index (κ3) is 6.12. The molecule has 2 amide bonds. The number of carbonyl (C=O) groups excluding carboxylic acids is 2. The molecule has 0 aliphatic carbocycles. The van der Waals surface area contributed by atoms with E-state index in [0.717, 1.165) is 12.0 Å². The second kappa shape index (κ2) is 9.40. The molecule has 0 bridgehead atoms. The first-order valence-electron chi connectivity index (χ1n) is 9.67. The minimum Gasteiger partial charge on any atom is -0.481 e. The van der Waals surface area contributed by atoms with Gasteiger partial charge in [-0.05, 0) is 60.7 Å². The third-order valence-electron chi connectivity index (χ3n) is 4.33. The van der Waals surface area contributed by atoms with Crippen molar-refractivity contribution in [3.05, 3.63) is 59.7 Å². The Bertz CT molecular complexity index is 807. The number of carbonyl (C=O) groups is 2. The van der Waals surface area contributed by atoms with Gasteiger partial charge in [0, 0.05) is 17.8 Å². The molecule has 2 aromatic rings. The van der Waals surface area contributed by atoms with E-state index in [4.69, 9.17) is 4.74 Å². The van der Waals surface area contributed by atoms with Gasteiger partial charge in [0.05, 0.1) is 0 Å². The summed E-state index contributed by atoms with van der Waals surface area (Å²) in [6, 6.07) is 14.6. The first kappa shape index (κ1) is 21.5. The second-order valence-electron chi connectivity index (χ2n) is 7.86. The molecule has 5 nitrogen and oxygen atoms in total. The summed E-state index contributed by atoms with van der Waals surface area (Å²) in [7, 11) is 0. The molecular formula is C23H30N2O3. The van der Waals surface area contributed by atoms with Gasteiger partial charge >= 0.3 is 0 Å². The van der Waals surface area contributed by atoms with Crippen LogP contribution in [0.4, 0.5) is 5.69 Å². The van der Waals surface area contributed by atoms with Crippen LogP contribution in [0.2, 0.25) is 0 Å². The number of hydrogen-bond donors (Lipinski definition) is 2. The maximum Gasteiger partial charge on any atom is 0.265 e. The van der Waals surface area contributed by atoms with Gasteiger partial charge in [-0.3, -0.25) is 9.59 Å². The Morgan fingerprint density at radius 2 is 1.75 bits per heavy atom. The number of ether oxygens (including phenoxy) is 1. The van der Waals surface area contributed by atoms with Crippen LogP contribution in [0.25, 0.3) is 0 Å². The van der Waals surface area contributed by atoms with Crippen LogP contribution in [-0.4, -0.2) is 24.5 Å². The molecule has 0 heterocycles. The summed E-state index contributed by atoms with van der Waals surface area (Å²) in [6.45, 7) is 10.8. The van der Waals surface area contributed by atoms with Crippen molar-refractivity contribution in [1.82, 2.24) is 5.32 Å². The van der Waals surface area contributed by atoms with Crippen LogP contribution in [0.1, 0.15) is 57.0 Å². The predicted octanol–water partition coefficient (Wildman–Crippen LogP) is 4.53. The van der Waals surface area contributed by atoms with Crippen molar-refractivity contribution in [2.75, 3.05) is 11.9 Å².